The SMILES string of the molecule is COCOc1ccc2cc(Br)ccc2c1-c1c(CCCC(=O)OC)ccc2cc(Br)ccc12. The molecule has 4 rings (SSSR count). The van der Waals surface area contributed by atoms with E-state index in [-0.39, 0.29) is 12.8 Å². The number of benzene rings is 4. The molecule has 0 bridgehead atoms. The number of esters is 1. The summed E-state index contributed by atoms with van der Waals surface area (Å²) in [5.74, 6) is 0.566. The van der Waals surface area contributed by atoms with E-state index >= 15 is 0 Å². The number of aryl methyl sites for hydroxylation is 1. The summed E-state index contributed by atoms with van der Waals surface area (Å²) < 4.78 is 18.1. The number of ether oxygens (including phenoxy) is 3. The molecule has 0 spiro atoms. The number of hydrogen-bond donors (Lipinski definition) is 0. The number of rotatable bonds is 8. The fraction of sp³-hybridized carbons (Fsp3) is 0.222. The molecule has 0 atom stereocenters. The Bertz CT molecular complexity index is 1320. The highest BCUT2D eigenvalue weighted by Gasteiger charge is 2.19. The lowest BCUT2D eigenvalue weighted by Gasteiger charge is -2.19. The second-order valence-corrected chi connectivity index (χ2v) is 9.58. The fourth-order valence-electron chi connectivity index (χ4n) is 4.16. The molecular weight excluding hydrogens is 548 g/mol. The summed E-state index contributed by atoms with van der Waals surface area (Å²) in [6.45, 7) is 0.156. The van der Waals surface area contributed by atoms with Crippen molar-refractivity contribution in [2.75, 3.05) is 21.0 Å². The van der Waals surface area contributed by atoms with Crippen LogP contribution in [0.4, 0.5) is 0 Å². The summed E-state index contributed by atoms with van der Waals surface area (Å²) in [6.07, 6.45) is 1.82. The largest absolute Gasteiger partial charge is 0.469 e. The van der Waals surface area contributed by atoms with E-state index in [0.717, 1.165) is 59.4 Å². The van der Waals surface area contributed by atoms with Crippen molar-refractivity contribution in [3.63, 3.8) is 0 Å². The Labute approximate surface area is 210 Å². The van der Waals surface area contributed by atoms with Crippen LogP contribution in [-0.4, -0.2) is 27.0 Å². The van der Waals surface area contributed by atoms with E-state index in [0.29, 0.717) is 12.8 Å². The summed E-state index contributed by atoms with van der Waals surface area (Å²) in [4.78, 5) is 11.7. The van der Waals surface area contributed by atoms with Gasteiger partial charge in [0, 0.05) is 28.0 Å². The molecule has 0 amide bonds. The highest BCUT2D eigenvalue weighted by atomic mass is 79.9. The van der Waals surface area contributed by atoms with Crippen molar-refractivity contribution in [2.24, 2.45) is 0 Å². The first-order valence-corrected chi connectivity index (χ1v) is 12.2. The Morgan fingerprint density at radius 1 is 0.818 bits per heavy atom. The van der Waals surface area contributed by atoms with Crippen molar-refractivity contribution in [3.05, 3.63) is 75.2 Å². The van der Waals surface area contributed by atoms with E-state index in [1.807, 2.05) is 12.1 Å². The second kappa shape index (κ2) is 10.7. The lowest BCUT2D eigenvalue weighted by atomic mass is 9.88. The standard InChI is InChI=1S/C27H24Br2O4/c1-31-16-33-24-13-8-19-15-21(29)10-12-23(19)27(24)26-17(4-3-5-25(30)32-2)6-7-18-14-20(28)9-11-22(18)26/h6-15H,3-5,16H2,1-2H3. The summed E-state index contributed by atoms with van der Waals surface area (Å²) in [5.41, 5.74) is 3.30. The van der Waals surface area contributed by atoms with Gasteiger partial charge in [-0.05, 0) is 75.8 Å². The second-order valence-electron chi connectivity index (χ2n) is 7.75. The van der Waals surface area contributed by atoms with Gasteiger partial charge in [0.1, 0.15) is 5.75 Å². The van der Waals surface area contributed by atoms with Gasteiger partial charge >= 0.3 is 5.97 Å². The topological polar surface area (TPSA) is 44.8 Å². The van der Waals surface area contributed by atoms with Crippen LogP contribution in [0.5, 0.6) is 5.75 Å². The first kappa shape index (κ1) is 23.7. The number of hydrogen-bond acceptors (Lipinski definition) is 4. The molecule has 6 heteroatoms. The van der Waals surface area contributed by atoms with Crippen LogP contribution >= 0.6 is 31.9 Å². The molecule has 0 saturated carbocycles. The van der Waals surface area contributed by atoms with E-state index in [2.05, 4.69) is 80.4 Å². The molecule has 0 radical (unpaired) electrons. The zero-order valence-electron chi connectivity index (χ0n) is 18.5. The van der Waals surface area contributed by atoms with Crippen molar-refractivity contribution >= 4 is 59.4 Å². The van der Waals surface area contributed by atoms with Gasteiger partial charge in [-0.1, -0.05) is 62.2 Å². The maximum Gasteiger partial charge on any atom is 0.305 e. The molecule has 4 aromatic carbocycles. The van der Waals surface area contributed by atoms with E-state index < -0.39 is 0 Å². The van der Waals surface area contributed by atoms with Gasteiger partial charge in [0.15, 0.2) is 6.79 Å². The van der Waals surface area contributed by atoms with Crippen LogP contribution in [0.2, 0.25) is 0 Å². The molecule has 0 aliphatic heterocycles. The Morgan fingerprint density at radius 2 is 1.45 bits per heavy atom. The quantitative estimate of drug-likeness (QED) is 0.161. The van der Waals surface area contributed by atoms with Crippen molar-refractivity contribution in [2.45, 2.75) is 19.3 Å². The van der Waals surface area contributed by atoms with Gasteiger partial charge in [0.05, 0.1) is 7.11 Å². The third kappa shape index (κ3) is 5.24. The Balaban J connectivity index is 1.98. The normalized spacial score (nSPS) is 11.2. The minimum absolute atomic E-state index is 0.156. The molecule has 4 nitrogen and oxygen atoms in total. The van der Waals surface area contributed by atoms with Crippen molar-refractivity contribution in [1.29, 1.82) is 0 Å². The van der Waals surface area contributed by atoms with E-state index in [1.54, 1.807) is 7.11 Å². The molecule has 0 unspecified atom stereocenters. The molecule has 170 valence electrons. The Hall–Kier alpha value is -2.41. The Kier molecular flexibility index (Phi) is 7.68. The van der Waals surface area contributed by atoms with E-state index in [4.69, 9.17) is 14.2 Å². The van der Waals surface area contributed by atoms with Gasteiger partial charge in [-0.25, -0.2) is 0 Å². The van der Waals surface area contributed by atoms with Gasteiger partial charge < -0.3 is 14.2 Å². The minimum Gasteiger partial charge on any atom is -0.469 e. The number of fused-ring (bicyclic) bond motifs is 2. The molecule has 0 fully saturated rings. The highest BCUT2D eigenvalue weighted by Crippen LogP contribution is 2.44. The zero-order chi connectivity index (χ0) is 23.4. The average molecular weight is 572 g/mol. The summed E-state index contributed by atoms with van der Waals surface area (Å²) >= 11 is 7.19. The van der Waals surface area contributed by atoms with Crippen LogP contribution in [0.15, 0.2) is 69.6 Å². The van der Waals surface area contributed by atoms with Crippen LogP contribution in [0, 0.1) is 0 Å². The minimum atomic E-state index is -0.194. The lowest BCUT2D eigenvalue weighted by Crippen LogP contribution is -2.03. The number of halogens is 2. The molecule has 0 aromatic heterocycles. The van der Waals surface area contributed by atoms with Gasteiger partial charge in [-0.15, -0.1) is 0 Å². The monoisotopic (exact) mass is 570 g/mol. The van der Waals surface area contributed by atoms with Crippen LogP contribution in [0.3, 0.4) is 0 Å². The van der Waals surface area contributed by atoms with Crippen molar-refractivity contribution in [3.8, 4) is 16.9 Å². The molecule has 0 aliphatic rings. The molecular formula is C27H24Br2O4. The van der Waals surface area contributed by atoms with Crippen LogP contribution in [0.25, 0.3) is 32.7 Å². The Morgan fingerprint density at radius 3 is 2.09 bits per heavy atom. The maximum absolute atomic E-state index is 11.7. The van der Waals surface area contributed by atoms with Gasteiger partial charge in [-0.2, -0.15) is 0 Å². The van der Waals surface area contributed by atoms with Gasteiger partial charge in [-0.3, -0.25) is 4.79 Å². The predicted molar refractivity (Wildman–Crippen MR) is 140 cm³/mol. The molecule has 33 heavy (non-hydrogen) atoms. The third-order valence-electron chi connectivity index (χ3n) is 5.65. The van der Waals surface area contributed by atoms with E-state index in [1.165, 1.54) is 7.11 Å². The van der Waals surface area contributed by atoms with Crippen molar-refractivity contribution in [1.82, 2.24) is 0 Å². The summed E-state index contributed by atoms with van der Waals surface area (Å²) in [7, 11) is 3.04. The third-order valence-corrected chi connectivity index (χ3v) is 6.64. The maximum atomic E-state index is 11.7. The highest BCUT2D eigenvalue weighted by molar-refractivity contribution is 9.10. The summed E-state index contributed by atoms with van der Waals surface area (Å²) in [6, 6.07) is 20.9. The number of carbonyl (C=O) groups is 1. The molecule has 0 aliphatic carbocycles. The van der Waals surface area contributed by atoms with Gasteiger partial charge in [0.25, 0.3) is 0 Å². The van der Waals surface area contributed by atoms with E-state index in [9.17, 15) is 4.79 Å². The first-order valence-electron chi connectivity index (χ1n) is 10.6. The fourth-order valence-corrected chi connectivity index (χ4v) is 4.91. The van der Waals surface area contributed by atoms with Crippen LogP contribution in [-0.2, 0) is 20.7 Å². The molecule has 4 aromatic rings. The lowest BCUT2D eigenvalue weighted by molar-refractivity contribution is -0.140. The first-order chi connectivity index (χ1) is 16.0. The van der Waals surface area contributed by atoms with Crippen LogP contribution in [0.1, 0.15) is 18.4 Å². The van der Waals surface area contributed by atoms with Crippen LogP contribution < -0.4 is 4.74 Å². The number of methoxy groups -OCH3 is 2. The average Bonchev–Trinajstić information content (AvgIpc) is 2.82. The molecule has 0 saturated heterocycles. The zero-order valence-corrected chi connectivity index (χ0v) is 21.7. The molecule has 0 N–H and O–H groups in total. The number of carbonyl (C=O) groups excluding carboxylic acids is 1. The van der Waals surface area contributed by atoms with Gasteiger partial charge in [0.2, 0.25) is 0 Å². The van der Waals surface area contributed by atoms with Crippen molar-refractivity contribution < 1.29 is 19.0 Å². The smallest absolute Gasteiger partial charge is 0.305 e. The predicted octanol–water partition coefficient (Wildman–Crippen LogP) is 7.66. The summed E-state index contributed by atoms with van der Waals surface area (Å²) in [5, 5.41) is 4.46. The molecule has 0 heterocycles.